The van der Waals surface area contributed by atoms with Crippen molar-refractivity contribution in [1.29, 1.82) is 0 Å². The Bertz CT molecular complexity index is 463. The van der Waals surface area contributed by atoms with E-state index in [9.17, 15) is 5.11 Å². The van der Waals surface area contributed by atoms with Gasteiger partial charge in [-0.25, -0.2) is 0 Å². The van der Waals surface area contributed by atoms with Gasteiger partial charge in [0.25, 0.3) is 0 Å². The molecule has 2 aromatic rings. The minimum atomic E-state index is 0.0772. The second-order valence-corrected chi connectivity index (χ2v) is 3.52. The van der Waals surface area contributed by atoms with Crippen LogP contribution in [0, 0.1) is 0 Å². The van der Waals surface area contributed by atoms with E-state index < -0.39 is 0 Å². The molecule has 78 valence electrons. The second-order valence-electron chi connectivity index (χ2n) is 3.52. The molecule has 0 radical (unpaired) electrons. The number of hydrogen-bond donors (Lipinski definition) is 1. The summed E-state index contributed by atoms with van der Waals surface area (Å²) < 4.78 is 5.15. The van der Waals surface area contributed by atoms with Crippen LogP contribution in [-0.4, -0.2) is 12.2 Å². The Morgan fingerprint density at radius 3 is 2.20 bits per heavy atom. The number of benzene rings is 2. The first-order valence-corrected chi connectivity index (χ1v) is 4.96. The number of rotatable bonds is 3. The molecular weight excluding hydrogens is 188 g/mol. The maximum Gasteiger partial charge on any atom is 0.0719 e. The number of aliphatic hydroxyl groups is 1. The number of aliphatic hydroxyl groups excluding tert-OH is 1. The molecular formula is C13H14O2. The van der Waals surface area contributed by atoms with E-state index in [0.717, 1.165) is 21.9 Å². The number of hydrogen-bond acceptors (Lipinski definition) is 2. The Morgan fingerprint density at radius 1 is 1.00 bits per heavy atom. The summed E-state index contributed by atoms with van der Waals surface area (Å²) in [6, 6.07) is 12.0. The van der Waals surface area contributed by atoms with Gasteiger partial charge in [0.05, 0.1) is 13.2 Å². The second kappa shape index (κ2) is 4.43. The van der Waals surface area contributed by atoms with Crippen LogP contribution in [0.2, 0.25) is 0 Å². The van der Waals surface area contributed by atoms with Gasteiger partial charge in [0.2, 0.25) is 0 Å². The zero-order valence-corrected chi connectivity index (χ0v) is 8.73. The van der Waals surface area contributed by atoms with Crippen LogP contribution < -0.4 is 0 Å². The van der Waals surface area contributed by atoms with E-state index in [1.165, 1.54) is 0 Å². The summed E-state index contributed by atoms with van der Waals surface area (Å²) in [5.41, 5.74) is 2.12. The van der Waals surface area contributed by atoms with Gasteiger partial charge in [-0.3, -0.25) is 0 Å². The molecule has 2 nitrogen and oxygen atoms in total. The minimum Gasteiger partial charge on any atom is -0.392 e. The molecule has 2 heteroatoms. The van der Waals surface area contributed by atoms with Crippen molar-refractivity contribution < 1.29 is 9.84 Å². The van der Waals surface area contributed by atoms with Crippen LogP contribution in [0.4, 0.5) is 0 Å². The predicted molar refractivity (Wildman–Crippen MR) is 60.6 cm³/mol. The fourth-order valence-corrected chi connectivity index (χ4v) is 1.84. The van der Waals surface area contributed by atoms with E-state index in [0.29, 0.717) is 6.61 Å². The van der Waals surface area contributed by atoms with Crippen molar-refractivity contribution in [3.63, 3.8) is 0 Å². The molecule has 2 rings (SSSR count). The van der Waals surface area contributed by atoms with E-state index in [-0.39, 0.29) is 6.61 Å². The summed E-state index contributed by atoms with van der Waals surface area (Å²) in [6.45, 7) is 0.681. The maximum atomic E-state index is 9.23. The summed E-state index contributed by atoms with van der Waals surface area (Å²) in [6.07, 6.45) is 0. The molecule has 0 amide bonds. The van der Waals surface area contributed by atoms with Crippen molar-refractivity contribution in [2.24, 2.45) is 0 Å². The molecule has 0 aromatic heterocycles. The lowest BCUT2D eigenvalue weighted by Gasteiger charge is -2.08. The molecule has 15 heavy (non-hydrogen) atoms. The molecule has 0 saturated carbocycles. The van der Waals surface area contributed by atoms with Gasteiger partial charge in [-0.05, 0) is 21.9 Å². The highest BCUT2D eigenvalue weighted by Gasteiger charge is 2.04. The van der Waals surface area contributed by atoms with Crippen molar-refractivity contribution in [2.45, 2.75) is 13.2 Å². The highest BCUT2D eigenvalue weighted by atomic mass is 16.5. The lowest BCUT2D eigenvalue weighted by atomic mass is 10.0. The average molecular weight is 202 g/mol. The van der Waals surface area contributed by atoms with Gasteiger partial charge in [-0.2, -0.15) is 0 Å². The molecule has 2 aromatic carbocycles. The topological polar surface area (TPSA) is 29.5 Å². The fourth-order valence-electron chi connectivity index (χ4n) is 1.84. The smallest absolute Gasteiger partial charge is 0.0719 e. The number of ether oxygens (including phenoxy) is 1. The van der Waals surface area contributed by atoms with Crippen molar-refractivity contribution in [3.05, 3.63) is 47.5 Å². The summed E-state index contributed by atoms with van der Waals surface area (Å²) in [5.74, 6) is 0. The summed E-state index contributed by atoms with van der Waals surface area (Å²) >= 11 is 0. The first-order valence-electron chi connectivity index (χ1n) is 4.96. The molecule has 0 unspecified atom stereocenters. The quantitative estimate of drug-likeness (QED) is 0.828. The van der Waals surface area contributed by atoms with Crippen LogP contribution in [0.5, 0.6) is 0 Å². The van der Waals surface area contributed by atoms with Crippen LogP contribution in [-0.2, 0) is 18.0 Å². The molecule has 0 aliphatic rings. The lowest BCUT2D eigenvalue weighted by molar-refractivity contribution is 0.186. The third-order valence-corrected chi connectivity index (χ3v) is 2.57. The van der Waals surface area contributed by atoms with Gasteiger partial charge < -0.3 is 9.84 Å². The van der Waals surface area contributed by atoms with Gasteiger partial charge >= 0.3 is 0 Å². The average Bonchev–Trinajstić information content (AvgIpc) is 2.30. The van der Waals surface area contributed by atoms with Crippen molar-refractivity contribution >= 4 is 10.8 Å². The molecule has 0 aliphatic heterocycles. The summed E-state index contributed by atoms with van der Waals surface area (Å²) in [7, 11) is 1.69. The highest BCUT2D eigenvalue weighted by Crippen LogP contribution is 2.23. The van der Waals surface area contributed by atoms with Gasteiger partial charge in [-0.15, -0.1) is 0 Å². The minimum absolute atomic E-state index is 0.0772. The van der Waals surface area contributed by atoms with E-state index in [1.54, 1.807) is 7.11 Å². The third-order valence-electron chi connectivity index (χ3n) is 2.57. The molecule has 1 N–H and O–H groups in total. The van der Waals surface area contributed by atoms with Crippen LogP contribution in [0.25, 0.3) is 10.8 Å². The highest BCUT2D eigenvalue weighted by molar-refractivity contribution is 5.88. The molecule has 0 spiro atoms. The Hall–Kier alpha value is -1.38. The summed E-state index contributed by atoms with van der Waals surface area (Å²) in [5, 5.41) is 11.5. The normalized spacial score (nSPS) is 10.8. The summed E-state index contributed by atoms with van der Waals surface area (Å²) in [4.78, 5) is 0. The van der Waals surface area contributed by atoms with Gasteiger partial charge in [0, 0.05) is 7.11 Å². The molecule has 0 fully saturated rings. The van der Waals surface area contributed by atoms with Crippen LogP contribution in [0.3, 0.4) is 0 Å². The Balaban J connectivity index is 2.66. The Labute approximate surface area is 89.1 Å². The van der Waals surface area contributed by atoms with Crippen molar-refractivity contribution in [1.82, 2.24) is 0 Å². The van der Waals surface area contributed by atoms with Crippen LogP contribution in [0.1, 0.15) is 11.1 Å². The van der Waals surface area contributed by atoms with Gasteiger partial charge in [-0.1, -0.05) is 36.4 Å². The standard InChI is InChI=1S/C13H14O2/c1-15-9-11-7-6-10(8-14)12-4-2-3-5-13(11)12/h2-7,14H,8-9H2,1H3. The first kappa shape index (κ1) is 10.1. The third kappa shape index (κ3) is 1.87. The zero-order valence-electron chi connectivity index (χ0n) is 8.73. The largest absolute Gasteiger partial charge is 0.392 e. The number of fused-ring (bicyclic) bond motifs is 1. The first-order chi connectivity index (χ1) is 7.36. The fraction of sp³-hybridized carbons (Fsp3) is 0.231. The molecule has 0 bridgehead atoms. The van der Waals surface area contributed by atoms with Gasteiger partial charge in [0.1, 0.15) is 0 Å². The van der Waals surface area contributed by atoms with E-state index in [2.05, 4.69) is 6.07 Å². The Kier molecular flexibility index (Phi) is 2.99. The number of methoxy groups -OCH3 is 1. The SMILES string of the molecule is COCc1ccc(CO)c2ccccc12. The van der Waals surface area contributed by atoms with Crippen molar-refractivity contribution in [3.8, 4) is 0 Å². The van der Waals surface area contributed by atoms with Crippen LogP contribution >= 0.6 is 0 Å². The Morgan fingerprint density at radius 2 is 1.60 bits per heavy atom. The van der Waals surface area contributed by atoms with Crippen molar-refractivity contribution in [2.75, 3.05) is 7.11 Å². The van der Waals surface area contributed by atoms with Gasteiger partial charge in [0.15, 0.2) is 0 Å². The van der Waals surface area contributed by atoms with E-state index in [1.807, 2.05) is 30.3 Å². The zero-order chi connectivity index (χ0) is 10.7. The monoisotopic (exact) mass is 202 g/mol. The molecule has 0 heterocycles. The van der Waals surface area contributed by atoms with Crippen LogP contribution in [0.15, 0.2) is 36.4 Å². The lowest BCUT2D eigenvalue weighted by Crippen LogP contribution is -1.93. The molecule has 0 atom stereocenters. The maximum absolute atomic E-state index is 9.23. The predicted octanol–water partition coefficient (Wildman–Crippen LogP) is 2.48. The molecule has 0 saturated heterocycles. The van der Waals surface area contributed by atoms with E-state index >= 15 is 0 Å². The molecule has 0 aliphatic carbocycles. The van der Waals surface area contributed by atoms with E-state index in [4.69, 9.17) is 4.74 Å².